The Bertz CT molecular complexity index is 1280. The van der Waals surface area contributed by atoms with E-state index < -0.39 is 41.1 Å². The van der Waals surface area contributed by atoms with Gasteiger partial charge in [-0.15, -0.1) is 0 Å². The van der Waals surface area contributed by atoms with Gasteiger partial charge in [0, 0.05) is 5.54 Å². The highest BCUT2D eigenvalue weighted by molar-refractivity contribution is 5.98. The molecular weight excluding hydrogens is 490 g/mol. The van der Waals surface area contributed by atoms with Crippen LogP contribution in [0.3, 0.4) is 0 Å². The summed E-state index contributed by atoms with van der Waals surface area (Å²) < 4.78 is 33.0. The summed E-state index contributed by atoms with van der Waals surface area (Å²) in [6.07, 6.45) is 0.336. The SMILES string of the molecule is COC(=O)C(C)CC(NC(=O)c1ccc(-c2ccccc2)cc1F)C(=O)NC(C)(C)Cc1ccc(F)cc1. The maximum absolute atomic E-state index is 15.0. The minimum atomic E-state index is -1.14. The van der Waals surface area contributed by atoms with Gasteiger partial charge in [-0.25, -0.2) is 8.78 Å². The van der Waals surface area contributed by atoms with Gasteiger partial charge in [0.15, 0.2) is 0 Å². The number of amides is 2. The average Bonchev–Trinajstić information content (AvgIpc) is 2.88. The van der Waals surface area contributed by atoms with E-state index in [1.165, 1.54) is 31.4 Å². The number of methoxy groups -OCH3 is 1. The van der Waals surface area contributed by atoms with Crippen LogP contribution >= 0.6 is 0 Å². The molecule has 6 nitrogen and oxygen atoms in total. The molecule has 3 rings (SSSR count). The lowest BCUT2D eigenvalue weighted by Gasteiger charge is -2.30. The maximum atomic E-state index is 15.0. The molecule has 0 saturated heterocycles. The second-order valence-corrected chi connectivity index (χ2v) is 9.92. The maximum Gasteiger partial charge on any atom is 0.308 e. The molecule has 0 saturated carbocycles. The molecule has 3 aromatic carbocycles. The summed E-state index contributed by atoms with van der Waals surface area (Å²) in [6, 6.07) is 18.2. The van der Waals surface area contributed by atoms with Crippen molar-refractivity contribution < 1.29 is 27.9 Å². The zero-order chi connectivity index (χ0) is 27.9. The molecule has 2 N–H and O–H groups in total. The third-order valence-corrected chi connectivity index (χ3v) is 6.16. The first-order valence-electron chi connectivity index (χ1n) is 12.3. The molecule has 2 amide bonds. The van der Waals surface area contributed by atoms with Gasteiger partial charge in [-0.05, 0) is 67.6 Å². The molecule has 2 atom stereocenters. The molecule has 3 aromatic rings. The fourth-order valence-electron chi connectivity index (χ4n) is 4.21. The van der Waals surface area contributed by atoms with Crippen molar-refractivity contribution in [1.82, 2.24) is 10.6 Å². The molecule has 0 aliphatic heterocycles. The third-order valence-electron chi connectivity index (χ3n) is 6.16. The van der Waals surface area contributed by atoms with Crippen LogP contribution in [0.4, 0.5) is 8.78 Å². The van der Waals surface area contributed by atoms with E-state index in [0.29, 0.717) is 12.0 Å². The minimum absolute atomic E-state index is 0.0550. The van der Waals surface area contributed by atoms with Crippen molar-refractivity contribution in [3.05, 3.63) is 95.6 Å². The Kier molecular flexibility index (Phi) is 9.34. The molecule has 200 valence electrons. The molecule has 0 radical (unpaired) electrons. The van der Waals surface area contributed by atoms with Gasteiger partial charge in [-0.1, -0.05) is 55.5 Å². The highest BCUT2D eigenvalue weighted by atomic mass is 19.1. The normalized spacial score (nSPS) is 12.8. The second-order valence-electron chi connectivity index (χ2n) is 9.92. The van der Waals surface area contributed by atoms with E-state index in [-0.39, 0.29) is 17.8 Å². The van der Waals surface area contributed by atoms with Crippen molar-refractivity contribution in [1.29, 1.82) is 0 Å². The van der Waals surface area contributed by atoms with E-state index in [2.05, 4.69) is 10.6 Å². The standard InChI is InChI=1S/C30H32F2N2O4/c1-19(29(37)38-4)16-26(28(36)34-30(2,3)18-20-10-13-23(31)14-11-20)33-27(35)24-15-12-22(17-25(24)32)21-8-6-5-7-9-21/h5-15,17,19,26H,16,18H2,1-4H3,(H,33,35)(H,34,36). The number of ether oxygens (including phenoxy) is 1. The van der Waals surface area contributed by atoms with E-state index in [4.69, 9.17) is 4.74 Å². The second kappa shape index (κ2) is 12.4. The molecule has 0 aliphatic rings. The first kappa shape index (κ1) is 28.5. The summed E-state index contributed by atoms with van der Waals surface area (Å²) in [5.74, 6) is -3.67. The molecule has 0 fully saturated rings. The minimum Gasteiger partial charge on any atom is -0.469 e. The van der Waals surface area contributed by atoms with Gasteiger partial charge < -0.3 is 15.4 Å². The molecule has 38 heavy (non-hydrogen) atoms. The molecular formula is C30H32F2N2O4. The number of nitrogens with one attached hydrogen (secondary N) is 2. The highest BCUT2D eigenvalue weighted by Gasteiger charge is 2.31. The van der Waals surface area contributed by atoms with Crippen molar-refractivity contribution >= 4 is 17.8 Å². The van der Waals surface area contributed by atoms with Crippen LogP contribution in [-0.2, 0) is 20.7 Å². The van der Waals surface area contributed by atoms with Gasteiger partial charge in [0.1, 0.15) is 17.7 Å². The molecule has 0 aromatic heterocycles. The van der Waals surface area contributed by atoms with Gasteiger partial charge in [-0.3, -0.25) is 14.4 Å². The van der Waals surface area contributed by atoms with E-state index >= 15 is 0 Å². The Morgan fingerprint density at radius 1 is 0.921 bits per heavy atom. The molecule has 0 aliphatic carbocycles. The molecule has 8 heteroatoms. The molecule has 0 heterocycles. The summed E-state index contributed by atoms with van der Waals surface area (Å²) in [4.78, 5) is 38.4. The third kappa shape index (κ3) is 7.71. The van der Waals surface area contributed by atoms with Gasteiger partial charge >= 0.3 is 5.97 Å². The van der Waals surface area contributed by atoms with Crippen molar-refractivity contribution in [3.8, 4) is 11.1 Å². The van der Waals surface area contributed by atoms with Crippen LogP contribution in [0.2, 0.25) is 0 Å². The van der Waals surface area contributed by atoms with Crippen LogP contribution in [0.15, 0.2) is 72.8 Å². The smallest absolute Gasteiger partial charge is 0.308 e. The lowest BCUT2D eigenvalue weighted by Crippen LogP contribution is -2.54. The van der Waals surface area contributed by atoms with Crippen LogP contribution in [0.25, 0.3) is 11.1 Å². The van der Waals surface area contributed by atoms with Crippen molar-refractivity contribution in [2.45, 2.75) is 45.2 Å². The van der Waals surface area contributed by atoms with Crippen molar-refractivity contribution in [3.63, 3.8) is 0 Å². The lowest BCUT2D eigenvalue weighted by molar-refractivity contribution is -0.145. The number of esters is 1. The predicted octanol–water partition coefficient (Wildman–Crippen LogP) is 5.07. The zero-order valence-electron chi connectivity index (χ0n) is 21.9. The van der Waals surface area contributed by atoms with E-state index in [1.807, 2.05) is 30.3 Å². The molecule has 0 spiro atoms. The number of carbonyl (C=O) groups is 3. The van der Waals surface area contributed by atoms with Gasteiger partial charge in [0.2, 0.25) is 5.91 Å². The molecule has 0 bridgehead atoms. The highest BCUT2D eigenvalue weighted by Crippen LogP contribution is 2.22. The Hall–Kier alpha value is -4.07. The quantitative estimate of drug-likeness (QED) is 0.364. The summed E-state index contributed by atoms with van der Waals surface area (Å²) in [7, 11) is 1.24. The van der Waals surface area contributed by atoms with Gasteiger partial charge in [0.25, 0.3) is 5.91 Å². The van der Waals surface area contributed by atoms with Crippen LogP contribution in [0.5, 0.6) is 0 Å². The lowest BCUT2D eigenvalue weighted by atomic mass is 9.93. The average molecular weight is 523 g/mol. The van der Waals surface area contributed by atoms with Gasteiger partial charge in [0.05, 0.1) is 18.6 Å². The number of carbonyl (C=O) groups excluding carboxylic acids is 3. The van der Waals surface area contributed by atoms with E-state index in [9.17, 15) is 23.2 Å². The summed E-state index contributed by atoms with van der Waals surface area (Å²) in [6.45, 7) is 5.16. The van der Waals surface area contributed by atoms with E-state index in [1.54, 1.807) is 39.0 Å². The van der Waals surface area contributed by atoms with Crippen molar-refractivity contribution in [2.75, 3.05) is 7.11 Å². The number of rotatable bonds is 10. The Labute approximate surface area is 221 Å². The Morgan fingerprint density at radius 3 is 2.18 bits per heavy atom. The predicted molar refractivity (Wildman–Crippen MR) is 141 cm³/mol. The van der Waals surface area contributed by atoms with Crippen LogP contribution in [0, 0.1) is 17.6 Å². The van der Waals surface area contributed by atoms with Crippen LogP contribution in [-0.4, -0.2) is 36.5 Å². The topological polar surface area (TPSA) is 84.5 Å². The van der Waals surface area contributed by atoms with Crippen molar-refractivity contribution in [2.24, 2.45) is 5.92 Å². The first-order chi connectivity index (χ1) is 18.0. The zero-order valence-corrected chi connectivity index (χ0v) is 21.9. The van der Waals surface area contributed by atoms with Crippen LogP contribution < -0.4 is 10.6 Å². The fraction of sp³-hybridized carbons (Fsp3) is 0.300. The Balaban J connectivity index is 1.78. The summed E-state index contributed by atoms with van der Waals surface area (Å²) >= 11 is 0. The monoisotopic (exact) mass is 522 g/mol. The number of hydrogen-bond acceptors (Lipinski definition) is 4. The summed E-state index contributed by atoms with van der Waals surface area (Å²) in [5.41, 5.74) is 1.22. The fourth-order valence-corrected chi connectivity index (χ4v) is 4.21. The first-order valence-corrected chi connectivity index (χ1v) is 12.3. The summed E-state index contributed by atoms with van der Waals surface area (Å²) in [5, 5.41) is 5.48. The van der Waals surface area contributed by atoms with Gasteiger partial charge in [-0.2, -0.15) is 0 Å². The van der Waals surface area contributed by atoms with Crippen LogP contribution in [0.1, 0.15) is 43.1 Å². The number of hydrogen-bond donors (Lipinski definition) is 2. The largest absolute Gasteiger partial charge is 0.469 e. The number of halogens is 2. The Morgan fingerprint density at radius 2 is 1.58 bits per heavy atom. The number of benzene rings is 3. The molecule has 2 unspecified atom stereocenters. The van der Waals surface area contributed by atoms with E-state index in [0.717, 1.165) is 11.1 Å².